The number of amides is 2. The van der Waals surface area contributed by atoms with Crippen molar-refractivity contribution >= 4 is 17.5 Å². The first-order chi connectivity index (χ1) is 8.41. The van der Waals surface area contributed by atoms with Crippen molar-refractivity contribution in [2.75, 3.05) is 12.3 Å². The van der Waals surface area contributed by atoms with Crippen molar-refractivity contribution in [3.8, 4) is 5.75 Å². The molecule has 6 heteroatoms. The SMILES string of the molecule is CC(C)NC(=O)COc1c(N)cccc1C(N)=O. The zero-order valence-electron chi connectivity index (χ0n) is 10.4. The highest BCUT2D eigenvalue weighted by atomic mass is 16.5. The van der Waals surface area contributed by atoms with Crippen LogP contribution in [0.25, 0.3) is 0 Å². The molecule has 0 heterocycles. The van der Waals surface area contributed by atoms with Crippen LogP contribution >= 0.6 is 0 Å². The molecule has 98 valence electrons. The van der Waals surface area contributed by atoms with E-state index < -0.39 is 5.91 Å². The Bertz CT molecular complexity index is 458. The second-order valence-electron chi connectivity index (χ2n) is 4.10. The van der Waals surface area contributed by atoms with Crippen LogP contribution in [-0.2, 0) is 4.79 Å². The predicted octanol–water partition coefficient (Wildman–Crippen LogP) is 0.271. The van der Waals surface area contributed by atoms with E-state index in [9.17, 15) is 9.59 Å². The highest BCUT2D eigenvalue weighted by Crippen LogP contribution is 2.25. The summed E-state index contributed by atoms with van der Waals surface area (Å²) in [5, 5.41) is 2.66. The first-order valence-corrected chi connectivity index (χ1v) is 5.52. The Morgan fingerprint density at radius 2 is 2.06 bits per heavy atom. The molecule has 0 atom stereocenters. The number of rotatable bonds is 5. The van der Waals surface area contributed by atoms with Crippen LogP contribution in [0.2, 0.25) is 0 Å². The van der Waals surface area contributed by atoms with Crippen LogP contribution in [0.5, 0.6) is 5.75 Å². The Kier molecular flexibility index (Phi) is 4.53. The number of primary amides is 1. The van der Waals surface area contributed by atoms with E-state index in [0.29, 0.717) is 0 Å². The summed E-state index contributed by atoms with van der Waals surface area (Å²) >= 11 is 0. The van der Waals surface area contributed by atoms with Gasteiger partial charge in [-0.15, -0.1) is 0 Å². The number of hydrogen-bond acceptors (Lipinski definition) is 4. The molecule has 0 saturated carbocycles. The topological polar surface area (TPSA) is 107 Å². The summed E-state index contributed by atoms with van der Waals surface area (Å²) in [5.74, 6) is -0.797. The third-order valence-electron chi connectivity index (χ3n) is 2.11. The van der Waals surface area contributed by atoms with Gasteiger partial charge in [0.2, 0.25) is 0 Å². The van der Waals surface area contributed by atoms with Crippen LogP contribution in [0.15, 0.2) is 18.2 Å². The minimum atomic E-state index is -0.651. The number of ether oxygens (including phenoxy) is 1. The van der Waals surface area contributed by atoms with Gasteiger partial charge in [-0.2, -0.15) is 0 Å². The van der Waals surface area contributed by atoms with Crippen LogP contribution in [-0.4, -0.2) is 24.5 Å². The lowest BCUT2D eigenvalue weighted by Crippen LogP contribution is -2.34. The minimum absolute atomic E-state index is 0.0184. The number of carbonyl (C=O) groups excluding carboxylic acids is 2. The summed E-state index contributed by atoms with van der Waals surface area (Å²) in [7, 11) is 0. The molecule has 5 N–H and O–H groups in total. The predicted molar refractivity (Wildman–Crippen MR) is 68.1 cm³/mol. The quantitative estimate of drug-likeness (QED) is 0.653. The maximum Gasteiger partial charge on any atom is 0.258 e. The first-order valence-electron chi connectivity index (χ1n) is 5.52. The number of nitrogens with two attached hydrogens (primary N) is 2. The molecular weight excluding hydrogens is 234 g/mol. The zero-order valence-corrected chi connectivity index (χ0v) is 10.4. The Labute approximate surface area is 105 Å². The Morgan fingerprint density at radius 3 is 2.61 bits per heavy atom. The third kappa shape index (κ3) is 3.65. The molecule has 1 rings (SSSR count). The molecule has 0 radical (unpaired) electrons. The van der Waals surface area contributed by atoms with Crippen LogP contribution in [0.4, 0.5) is 5.69 Å². The van der Waals surface area contributed by atoms with Gasteiger partial charge >= 0.3 is 0 Å². The lowest BCUT2D eigenvalue weighted by molar-refractivity contribution is -0.123. The molecule has 0 unspecified atom stereocenters. The maximum absolute atomic E-state index is 11.4. The van der Waals surface area contributed by atoms with E-state index in [-0.39, 0.29) is 35.6 Å². The molecule has 0 aliphatic heterocycles. The van der Waals surface area contributed by atoms with Crippen molar-refractivity contribution in [1.82, 2.24) is 5.32 Å². The monoisotopic (exact) mass is 251 g/mol. The average Bonchev–Trinajstić information content (AvgIpc) is 2.25. The van der Waals surface area contributed by atoms with E-state index in [0.717, 1.165) is 0 Å². The molecule has 0 aliphatic carbocycles. The minimum Gasteiger partial charge on any atom is -0.481 e. The van der Waals surface area contributed by atoms with E-state index in [1.165, 1.54) is 6.07 Å². The van der Waals surface area contributed by atoms with Gasteiger partial charge in [0.1, 0.15) is 0 Å². The van der Waals surface area contributed by atoms with Gasteiger partial charge in [0.25, 0.3) is 11.8 Å². The number of carbonyl (C=O) groups is 2. The second-order valence-corrected chi connectivity index (χ2v) is 4.10. The normalized spacial score (nSPS) is 10.2. The molecule has 0 saturated heterocycles. The summed E-state index contributed by atoms with van der Waals surface area (Å²) in [6, 6.07) is 4.68. The fourth-order valence-corrected chi connectivity index (χ4v) is 1.41. The van der Waals surface area contributed by atoms with Gasteiger partial charge in [-0.1, -0.05) is 6.07 Å². The van der Waals surface area contributed by atoms with E-state index in [4.69, 9.17) is 16.2 Å². The number of hydrogen-bond donors (Lipinski definition) is 3. The van der Waals surface area contributed by atoms with Crippen molar-refractivity contribution < 1.29 is 14.3 Å². The summed E-state index contributed by atoms with van der Waals surface area (Å²) in [6.45, 7) is 3.46. The van der Waals surface area contributed by atoms with E-state index >= 15 is 0 Å². The zero-order chi connectivity index (χ0) is 13.7. The van der Waals surface area contributed by atoms with Crippen LogP contribution in [0.3, 0.4) is 0 Å². The lowest BCUT2D eigenvalue weighted by Gasteiger charge is -2.13. The first kappa shape index (κ1) is 13.8. The summed E-state index contributed by atoms with van der Waals surface area (Å²) in [5.41, 5.74) is 11.3. The van der Waals surface area contributed by atoms with Crippen molar-refractivity contribution in [2.24, 2.45) is 5.73 Å². The van der Waals surface area contributed by atoms with E-state index in [1.807, 2.05) is 13.8 Å². The molecule has 18 heavy (non-hydrogen) atoms. The summed E-state index contributed by atoms with van der Waals surface area (Å²) < 4.78 is 5.25. The van der Waals surface area contributed by atoms with Crippen molar-refractivity contribution in [3.05, 3.63) is 23.8 Å². The summed E-state index contributed by atoms with van der Waals surface area (Å²) in [6.07, 6.45) is 0. The number of para-hydroxylation sites is 1. The van der Waals surface area contributed by atoms with Gasteiger partial charge in [0.05, 0.1) is 11.3 Å². The average molecular weight is 251 g/mol. The Hall–Kier alpha value is -2.24. The lowest BCUT2D eigenvalue weighted by atomic mass is 10.1. The highest BCUT2D eigenvalue weighted by molar-refractivity contribution is 5.97. The Balaban J connectivity index is 2.78. The molecule has 0 spiro atoms. The molecular formula is C12H17N3O3. The standard InChI is InChI=1S/C12H17N3O3/c1-7(2)15-10(16)6-18-11-8(12(14)17)4-3-5-9(11)13/h3-5,7H,6,13H2,1-2H3,(H2,14,17)(H,15,16). The number of anilines is 1. The van der Waals surface area contributed by atoms with Crippen molar-refractivity contribution in [3.63, 3.8) is 0 Å². The Morgan fingerprint density at radius 1 is 1.39 bits per heavy atom. The molecule has 0 bridgehead atoms. The molecule has 6 nitrogen and oxygen atoms in total. The maximum atomic E-state index is 11.4. The van der Waals surface area contributed by atoms with Gasteiger partial charge in [-0.25, -0.2) is 0 Å². The molecule has 2 amide bonds. The van der Waals surface area contributed by atoms with Gasteiger partial charge in [-0.3, -0.25) is 9.59 Å². The van der Waals surface area contributed by atoms with Crippen LogP contribution in [0, 0.1) is 0 Å². The van der Waals surface area contributed by atoms with Gasteiger partial charge in [0.15, 0.2) is 12.4 Å². The largest absolute Gasteiger partial charge is 0.481 e. The van der Waals surface area contributed by atoms with Crippen molar-refractivity contribution in [2.45, 2.75) is 19.9 Å². The fraction of sp³-hybridized carbons (Fsp3) is 0.333. The molecule has 1 aromatic carbocycles. The van der Waals surface area contributed by atoms with Crippen LogP contribution < -0.4 is 21.5 Å². The number of nitrogens with one attached hydrogen (secondary N) is 1. The number of benzene rings is 1. The molecule has 1 aromatic rings. The summed E-state index contributed by atoms with van der Waals surface area (Å²) in [4.78, 5) is 22.6. The van der Waals surface area contributed by atoms with Gasteiger partial charge in [0, 0.05) is 6.04 Å². The molecule has 0 fully saturated rings. The highest BCUT2D eigenvalue weighted by Gasteiger charge is 2.14. The second kappa shape index (κ2) is 5.90. The van der Waals surface area contributed by atoms with Gasteiger partial charge < -0.3 is 21.5 Å². The van der Waals surface area contributed by atoms with Crippen molar-refractivity contribution in [1.29, 1.82) is 0 Å². The molecule has 0 aliphatic rings. The molecule has 0 aromatic heterocycles. The smallest absolute Gasteiger partial charge is 0.258 e. The van der Waals surface area contributed by atoms with Crippen LogP contribution in [0.1, 0.15) is 24.2 Å². The fourth-order valence-electron chi connectivity index (χ4n) is 1.41. The number of nitrogen functional groups attached to an aromatic ring is 1. The van der Waals surface area contributed by atoms with Gasteiger partial charge in [-0.05, 0) is 26.0 Å². The third-order valence-corrected chi connectivity index (χ3v) is 2.11. The van der Waals surface area contributed by atoms with E-state index in [1.54, 1.807) is 12.1 Å². The van der Waals surface area contributed by atoms with E-state index in [2.05, 4.69) is 5.32 Å².